The number of rotatable bonds is 3. The van der Waals surface area contributed by atoms with Crippen LogP contribution in [0.5, 0.6) is 11.5 Å². The second-order valence-electron chi connectivity index (χ2n) is 4.85. The molecule has 1 aromatic heterocycles. The molecule has 0 aliphatic carbocycles. The van der Waals surface area contributed by atoms with Gasteiger partial charge in [-0.1, -0.05) is 12.1 Å². The van der Waals surface area contributed by atoms with E-state index in [2.05, 4.69) is 9.97 Å². The Morgan fingerprint density at radius 3 is 2.42 bits per heavy atom. The maximum absolute atomic E-state index is 13.0. The van der Waals surface area contributed by atoms with Gasteiger partial charge in [0, 0.05) is 5.56 Å². The summed E-state index contributed by atoms with van der Waals surface area (Å²) in [4.78, 5) is 7.91. The van der Waals surface area contributed by atoms with Crippen LogP contribution in [0.4, 0.5) is 16.2 Å². The molecule has 0 atom stereocenters. The molecule has 0 spiro atoms. The lowest BCUT2D eigenvalue weighted by atomic mass is 10.1. The summed E-state index contributed by atoms with van der Waals surface area (Å²) in [6.45, 7) is 0. The van der Waals surface area contributed by atoms with Gasteiger partial charge < -0.3 is 16.2 Å². The average Bonchev–Trinajstić information content (AvgIpc) is 2.57. The smallest absolute Gasteiger partial charge is 0.222 e. The van der Waals surface area contributed by atoms with Crippen molar-refractivity contribution in [3.63, 3.8) is 0 Å². The van der Waals surface area contributed by atoms with E-state index in [0.717, 1.165) is 0 Å². The number of hydrogen-bond donors (Lipinski definition) is 2. The molecule has 3 rings (SSSR count). The summed E-state index contributed by atoms with van der Waals surface area (Å²) in [6, 6.07) is 14.5. The fraction of sp³-hybridized carbons (Fsp3) is 0. The van der Waals surface area contributed by atoms with Crippen molar-refractivity contribution in [3.8, 4) is 28.8 Å². The van der Waals surface area contributed by atoms with Crippen LogP contribution in [0, 0.1) is 17.1 Å². The van der Waals surface area contributed by atoms with Crippen molar-refractivity contribution in [1.82, 2.24) is 9.97 Å². The Balaban J connectivity index is 2.11. The predicted molar refractivity (Wildman–Crippen MR) is 87.5 cm³/mol. The molecule has 0 bridgehead atoms. The van der Waals surface area contributed by atoms with Gasteiger partial charge >= 0.3 is 0 Å². The van der Waals surface area contributed by atoms with Crippen LogP contribution in [-0.2, 0) is 0 Å². The number of benzene rings is 2. The molecule has 0 fully saturated rings. The Hall–Kier alpha value is -3.66. The molecule has 24 heavy (non-hydrogen) atoms. The van der Waals surface area contributed by atoms with E-state index in [1.54, 1.807) is 24.3 Å². The first-order valence-corrected chi connectivity index (χ1v) is 6.94. The van der Waals surface area contributed by atoms with Crippen molar-refractivity contribution >= 4 is 11.8 Å². The third kappa shape index (κ3) is 2.94. The Morgan fingerprint density at radius 2 is 1.71 bits per heavy atom. The van der Waals surface area contributed by atoms with Crippen LogP contribution in [0.15, 0.2) is 48.5 Å². The van der Waals surface area contributed by atoms with E-state index in [-0.39, 0.29) is 28.8 Å². The molecule has 3 aromatic rings. The van der Waals surface area contributed by atoms with Crippen LogP contribution >= 0.6 is 0 Å². The number of para-hydroxylation sites is 1. The van der Waals surface area contributed by atoms with Crippen LogP contribution in [0.3, 0.4) is 0 Å². The fourth-order valence-corrected chi connectivity index (χ4v) is 2.18. The molecule has 7 heteroatoms. The zero-order valence-electron chi connectivity index (χ0n) is 12.4. The summed E-state index contributed by atoms with van der Waals surface area (Å²) in [5.41, 5.74) is 12.3. The molecule has 2 aromatic carbocycles. The number of ether oxygens (including phenoxy) is 1. The number of nitrogens with zero attached hydrogens (tertiary/aromatic N) is 3. The van der Waals surface area contributed by atoms with E-state index in [1.807, 2.05) is 6.07 Å². The van der Waals surface area contributed by atoms with E-state index in [1.165, 1.54) is 24.3 Å². The van der Waals surface area contributed by atoms with Gasteiger partial charge in [0.15, 0.2) is 0 Å². The standard InChI is InChI=1S/C17H12FN5O/c18-10-5-7-11(8-6-10)24-14-4-2-1-3-12(14)15-13(9-19)16(20)23-17(21)22-15/h1-8H,(H4,20,21,22,23). The second kappa shape index (κ2) is 6.22. The Morgan fingerprint density at radius 1 is 1.00 bits per heavy atom. The van der Waals surface area contributed by atoms with Crippen molar-refractivity contribution in [2.75, 3.05) is 11.5 Å². The molecule has 0 saturated heterocycles. The Kier molecular flexibility index (Phi) is 3.95. The normalized spacial score (nSPS) is 10.2. The van der Waals surface area contributed by atoms with Gasteiger partial charge in [-0.05, 0) is 36.4 Å². The molecule has 0 unspecified atom stereocenters. The second-order valence-corrected chi connectivity index (χ2v) is 4.85. The molecule has 118 valence electrons. The minimum atomic E-state index is -0.362. The van der Waals surface area contributed by atoms with Gasteiger partial charge in [-0.15, -0.1) is 0 Å². The molecule has 0 amide bonds. The number of aromatic nitrogens is 2. The Labute approximate surface area is 137 Å². The molecule has 6 nitrogen and oxygen atoms in total. The van der Waals surface area contributed by atoms with E-state index in [9.17, 15) is 9.65 Å². The zero-order valence-corrected chi connectivity index (χ0v) is 12.4. The van der Waals surface area contributed by atoms with Crippen LogP contribution in [-0.4, -0.2) is 9.97 Å². The third-order valence-electron chi connectivity index (χ3n) is 3.25. The lowest BCUT2D eigenvalue weighted by Crippen LogP contribution is -2.05. The molecule has 1 heterocycles. The molecule has 0 saturated carbocycles. The lowest BCUT2D eigenvalue weighted by molar-refractivity contribution is 0.482. The number of nitrogen functional groups attached to an aromatic ring is 2. The number of hydrogen-bond acceptors (Lipinski definition) is 6. The van der Waals surface area contributed by atoms with Crippen LogP contribution < -0.4 is 16.2 Å². The van der Waals surface area contributed by atoms with Gasteiger partial charge in [0.25, 0.3) is 0 Å². The monoisotopic (exact) mass is 321 g/mol. The zero-order chi connectivity index (χ0) is 17.1. The highest BCUT2D eigenvalue weighted by Crippen LogP contribution is 2.35. The van der Waals surface area contributed by atoms with Gasteiger partial charge in [-0.2, -0.15) is 10.2 Å². The number of nitriles is 1. The summed E-state index contributed by atoms with van der Waals surface area (Å²) in [6.07, 6.45) is 0. The van der Waals surface area contributed by atoms with Crippen molar-refractivity contribution < 1.29 is 9.13 Å². The molecule has 0 radical (unpaired) electrons. The highest BCUT2D eigenvalue weighted by atomic mass is 19.1. The topological polar surface area (TPSA) is 111 Å². The minimum absolute atomic E-state index is 0.00316. The SMILES string of the molecule is N#Cc1c(N)nc(N)nc1-c1ccccc1Oc1ccc(F)cc1. The van der Waals surface area contributed by atoms with E-state index in [0.29, 0.717) is 17.1 Å². The van der Waals surface area contributed by atoms with Crippen molar-refractivity contribution in [3.05, 3.63) is 59.9 Å². The predicted octanol–water partition coefficient (Wildman–Crippen LogP) is 3.11. The first kappa shape index (κ1) is 15.2. The molecule has 0 aliphatic heterocycles. The van der Waals surface area contributed by atoms with Crippen LogP contribution in [0.25, 0.3) is 11.3 Å². The number of anilines is 2. The van der Waals surface area contributed by atoms with E-state index in [4.69, 9.17) is 16.2 Å². The van der Waals surface area contributed by atoms with Gasteiger partial charge in [0.05, 0.1) is 5.69 Å². The minimum Gasteiger partial charge on any atom is -0.457 e. The van der Waals surface area contributed by atoms with E-state index >= 15 is 0 Å². The van der Waals surface area contributed by atoms with Gasteiger partial charge in [-0.25, -0.2) is 9.37 Å². The molecule has 4 N–H and O–H groups in total. The molecule has 0 aliphatic rings. The van der Waals surface area contributed by atoms with Crippen LogP contribution in [0.2, 0.25) is 0 Å². The van der Waals surface area contributed by atoms with E-state index < -0.39 is 0 Å². The first-order valence-electron chi connectivity index (χ1n) is 6.94. The van der Waals surface area contributed by atoms with Crippen molar-refractivity contribution in [2.24, 2.45) is 0 Å². The maximum atomic E-state index is 13.0. The van der Waals surface area contributed by atoms with Crippen LogP contribution in [0.1, 0.15) is 5.56 Å². The first-order chi connectivity index (χ1) is 11.6. The largest absolute Gasteiger partial charge is 0.457 e. The van der Waals surface area contributed by atoms with Crippen molar-refractivity contribution in [2.45, 2.75) is 0 Å². The Bertz CT molecular complexity index is 935. The fourth-order valence-electron chi connectivity index (χ4n) is 2.18. The highest BCUT2D eigenvalue weighted by Gasteiger charge is 2.17. The number of halogens is 1. The quantitative estimate of drug-likeness (QED) is 0.766. The summed E-state index contributed by atoms with van der Waals surface area (Å²) < 4.78 is 18.8. The summed E-state index contributed by atoms with van der Waals surface area (Å²) >= 11 is 0. The highest BCUT2D eigenvalue weighted by molar-refractivity contribution is 5.77. The van der Waals surface area contributed by atoms with Gasteiger partial charge in [0.1, 0.15) is 34.8 Å². The third-order valence-corrected chi connectivity index (χ3v) is 3.25. The lowest BCUT2D eigenvalue weighted by Gasteiger charge is -2.12. The maximum Gasteiger partial charge on any atom is 0.222 e. The number of nitrogens with two attached hydrogens (primary N) is 2. The molecular weight excluding hydrogens is 309 g/mol. The molecular formula is C17H12FN5O. The van der Waals surface area contributed by atoms with Crippen molar-refractivity contribution in [1.29, 1.82) is 5.26 Å². The average molecular weight is 321 g/mol. The van der Waals surface area contributed by atoms with Gasteiger partial charge in [-0.3, -0.25) is 0 Å². The summed E-state index contributed by atoms with van der Waals surface area (Å²) in [7, 11) is 0. The summed E-state index contributed by atoms with van der Waals surface area (Å²) in [5, 5.41) is 9.33. The summed E-state index contributed by atoms with van der Waals surface area (Å²) in [5.74, 6) is 0.462. The van der Waals surface area contributed by atoms with Gasteiger partial charge in [0.2, 0.25) is 5.95 Å².